The lowest BCUT2D eigenvalue weighted by atomic mass is 10.1. The zero-order chi connectivity index (χ0) is 15.0. The van der Waals surface area contributed by atoms with Gasteiger partial charge >= 0.3 is 0 Å². The minimum Gasteiger partial charge on any atom is -0.497 e. The predicted octanol–water partition coefficient (Wildman–Crippen LogP) is 2.48. The van der Waals surface area contributed by atoms with Crippen LogP contribution in [0.1, 0.15) is 31.9 Å². The van der Waals surface area contributed by atoms with Gasteiger partial charge in [-0.2, -0.15) is 0 Å². The van der Waals surface area contributed by atoms with E-state index in [1.165, 1.54) is 5.56 Å². The van der Waals surface area contributed by atoms with Gasteiger partial charge in [0.2, 0.25) is 0 Å². The Hall–Kier alpha value is -1.50. The van der Waals surface area contributed by atoms with E-state index in [1.807, 2.05) is 12.1 Å². The maximum atomic E-state index is 5.47. The van der Waals surface area contributed by atoms with Crippen LogP contribution in [0.5, 0.6) is 5.75 Å². The molecule has 3 heteroatoms. The van der Waals surface area contributed by atoms with Gasteiger partial charge < -0.3 is 10.5 Å². The Morgan fingerprint density at radius 2 is 2.10 bits per heavy atom. The topological polar surface area (TPSA) is 38.5 Å². The van der Waals surface area contributed by atoms with Crippen molar-refractivity contribution in [2.45, 2.75) is 27.3 Å². The van der Waals surface area contributed by atoms with E-state index in [0.29, 0.717) is 12.5 Å². The van der Waals surface area contributed by atoms with Crippen LogP contribution in [0, 0.1) is 17.8 Å². The number of hydrogen-bond donors (Lipinski definition) is 1. The molecule has 20 heavy (non-hydrogen) atoms. The molecule has 0 fully saturated rings. The molecule has 0 atom stereocenters. The largest absolute Gasteiger partial charge is 0.497 e. The van der Waals surface area contributed by atoms with Gasteiger partial charge in [0, 0.05) is 18.7 Å². The third-order valence-corrected chi connectivity index (χ3v) is 3.10. The molecule has 0 spiro atoms. The van der Waals surface area contributed by atoms with Crippen LogP contribution in [0.3, 0.4) is 0 Å². The van der Waals surface area contributed by atoms with Gasteiger partial charge in [-0.05, 0) is 36.2 Å². The molecule has 0 bridgehead atoms. The molecule has 0 aliphatic carbocycles. The number of nitrogens with two attached hydrogens (primary N) is 1. The molecule has 0 aliphatic heterocycles. The first-order chi connectivity index (χ1) is 9.60. The zero-order valence-electron chi connectivity index (χ0n) is 13.1. The second kappa shape index (κ2) is 8.63. The van der Waals surface area contributed by atoms with Gasteiger partial charge in [0.15, 0.2) is 0 Å². The lowest BCUT2D eigenvalue weighted by molar-refractivity contribution is 0.248. The molecule has 1 aromatic rings. The molecule has 2 N–H and O–H groups in total. The summed E-state index contributed by atoms with van der Waals surface area (Å²) in [4.78, 5) is 2.42. The number of nitrogens with zero attached hydrogens (tertiary/aromatic N) is 1. The average molecular weight is 274 g/mol. The van der Waals surface area contributed by atoms with E-state index in [0.717, 1.165) is 30.9 Å². The van der Waals surface area contributed by atoms with E-state index in [-0.39, 0.29) is 0 Å². The third-order valence-electron chi connectivity index (χ3n) is 3.10. The standard InChI is InChI=1S/C17H26N2O/c1-5-19(12-14(2)3)13-16-11-17(20-4)9-8-15(16)7-6-10-18/h8-9,11,14H,5,10,12-13,18H2,1-4H3. The summed E-state index contributed by atoms with van der Waals surface area (Å²) in [7, 11) is 1.69. The lowest BCUT2D eigenvalue weighted by Crippen LogP contribution is -2.27. The van der Waals surface area contributed by atoms with E-state index in [2.05, 4.69) is 43.6 Å². The molecule has 0 radical (unpaired) electrons. The minimum absolute atomic E-state index is 0.384. The van der Waals surface area contributed by atoms with Gasteiger partial charge in [0.25, 0.3) is 0 Å². The quantitative estimate of drug-likeness (QED) is 0.810. The minimum atomic E-state index is 0.384. The molecule has 0 amide bonds. The van der Waals surface area contributed by atoms with E-state index in [9.17, 15) is 0 Å². The summed E-state index contributed by atoms with van der Waals surface area (Å²) >= 11 is 0. The predicted molar refractivity (Wildman–Crippen MR) is 84.7 cm³/mol. The van der Waals surface area contributed by atoms with E-state index in [1.54, 1.807) is 7.11 Å². The van der Waals surface area contributed by atoms with Crippen LogP contribution in [-0.2, 0) is 6.54 Å². The summed E-state index contributed by atoms with van der Waals surface area (Å²) in [6.45, 7) is 10.0. The molecule has 0 saturated carbocycles. The van der Waals surface area contributed by atoms with Crippen LogP contribution in [0.25, 0.3) is 0 Å². The fraction of sp³-hybridized carbons (Fsp3) is 0.529. The van der Waals surface area contributed by atoms with Crippen molar-refractivity contribution in [3.63, 3.8) is 0 Å². The van der Waals surface area contributed by atoms with Gasteiger partial charge in [0.05, 0.1) is 13.7 Å². The highest BCUT2D eigenvalue weighted by molar-refractivity contribution is 5.45. The van der Waals surface area contributed by atoms with Crippen LogP contribution >= 0.6 is 0 Å². The summed E-state index contributed by atoms with van der Waals surface area (Å²) in [5.74, 6) is 7.61. The number of ether oxygens (including phenoxy) is 1. The first-order valence-corrected chi connectivity index (χ1v) is 7.18. The van der Waals surface area contributed by atoms with Crippen molar-refractivity contribution in [3.05, 3.63) is 29.3 Å². The number of benzene rings is 1. The van der Waals surface area contributed by atoms with Crippen molar-refractivity contribution in [3.8, 4) is 17.6 Å². The van der Waals surface area contributed by atoms with Crippen molar-refractivity contribution in [2.24, 2.45) is 11.7 Å². The highest BCUT2D eigenvalue weighted by atomic mass is 16.5. The summed E-state index contributed by atoms with van der Waals surface area (Å²) in [5.41, 5.74) is 7.71. The number of hydrogen-bond acceptors (Lipinski definition) is 3. The molecule has 0 heterocycles. The van der Waals surface area contributed by atoms with Crippen LogP contribution < -0.4 is 10.5 Å². The van der Waals surface area contributed by atoms with Gasteiger partial charge in [-0.3, -0.25) is 4.90 Å². The second-order valence-corrected chi connectivity index (χ2v) is 5.25. The molecular formula is C17H26N2O. The molecule has 0 aliphatic rings. The molecule has 0 saturated heterocycles. The van der Waals surface area contributed by atoms with Crippen molar-refractivity contribution >= 4 is 0 Å². The lowest BCUT2D eigenvalue weighted by Gasteiger charge is -2.23. The molecule has 0 unspecified atom stereocenters. The van der Waals surface area contributed by atoms with Crippen molar-refractivity contribution < 1.29 is 4.74 Å². The monoisotopic (exact) mass is 274 g/mol. The van der Waals surface area contributed by atoms with Gasteiger partial charge in [0.1, 0.15) is 5.75 Å². The number of rotatable bonds is 6. The van der Waals surface area contributed by atoms with Crippen molar-refractivity contribution in [1.82, 2.24) is 4.90 Å². The summed E-state index contributed by atoms with van der Waals surface area (Å²) < 4.78 is 5.32. The van der Waals surface area contributed by atoms with E-state index in [4.69, 9.17) is 10.5 Å². The molecule has 1 aromatic carbocycles. The Bertz CT molecular complexity index is 472. The highest BCUT2D eigenvalue weighted by Crippen LogP contribution is 2.19. The Kier molecular flexibility index (Phi) is 7.14. The smallest absolute Gasteiger partial charge is 0.119 e. The average Bonchev–Trinajstić information content (AvgIpc) is 2.44. The molecule has 1 rings (SSSR count). The Morgan fingerprint density at radius 1 is 1.35 bits per heavy atom. The van der Waals surface area contributed by atoms with Gasteiger partial charge in [-0.1, -0.05) is 32.6 Å². The normalized spacial score (nSPS) is 10.6. The van der Waals surface area contributed by atoms with Crippen LogP contribution in [-0.4, -0.2) is 31.6 Å². The highest BCUT2D eigenvalue weighted by Gasteiger charge is 2.09. The number of methoxy groups -OCH3 is 1. The fourth-order valence-electron chi connectivity index (χ4n) is 2.16. The van der Waals surface area contributed by atoms with Crippen LogP contribution in [0.4, 0.5) is 0 Å². The van der Waals surface area contributed by atoms with Crippen molar-refractivity contribution in [1.29, 1.82) is 0 Å². The second-order valence-electron chi connectivity index (χ2n) is 5.25. The summed E-state index contributed by atoms with van der Waals surface area (Å²) in [6.07, 6.45) is 0. The Morgan fingerprint density at radius 3 is 2.65 bits per heavy atom. The first kappa shape index (κ1) is 16.6. The zero-order valence-corrected chi connectivity index (χ0v) is 13.1. The molecule has 110 valence electrons. The van der Waals surface area contributed by atoms with Crippen molar-refractivity contribution in [2.75, 3.05) is 26.7 Å². The Labute approximate surface area is 123 Å². The first-order valence-electron chi connectivity index (χ1n) is 7.18. The molecule has 3 nitrogen and oxygen atoms in total. The maximum absolute atomic E-state index is 5.47. The van der Waals surface area contributed by atoms with E-state index >= 15 is 0 Å². The fourth-order valence-corrected chi connectivity index (χ4v) is 2.16. The Balaban J connectivity index is 2.99. The van der Waals surface area contributed by atoms with E-state index < -0.39 is 0 Å². The van der Waals surface area contributed by atoms with Crippen LogP contribution in [0.2, 0.25) is 0 Å². The van der Waals surface area contributed by atoms with Crippen LogP contribution in [0.15, 0.2) is 18.2 Å². The third kappa shape index (κ3) is 5.24. The van der Waals surface area contributed by atoms with Gasteiger partial charge in [-0.15, -0.1) is 0 Å². The van der Waals surface area contributed by atoms with Gasteiger partial charge in [-0.25, -0.2) is 0 Å². The summed E-state index contributed by atoms with van der Waals surface area (Å²) in [5, 5.41) is 0. The maximum Gasteiger partial charge on any atom is 0.119 e. The SMILES string of the molecule is CCN(Cc1cc(OC)ccc1C#CCN)CC(C)C. The summed E-state index contributed by atoms with van der Waals surface area (Å²) in [6, 6.07) is 6.03. The molecule has 0 aromatic heterocycles. The molecular weight excluding hydrogens is 248 g/mol.